The maximum absolute atomic E-state index is 12.7. The van der Waals surface area contributed by atoms with Crippen molar-refractivity contribution in [1.29, 1.82) is 0 Å². The van der Waals surface area contributed by atoms with E-state index in [2.05, 4.69) is 35.2 Å². The first-order valence-electron chi connectivity index (χ1n) is 12.7. The van der Waals surface area contributed by atoms with E-state index in [4.69, 9.17) is 0 Å². The largest absolute Gasteiger partial charge is 0.573 e. The molecule has 0 saturated carbocycles. The zero-order valence-corrected chi connectivity index (χ0v) is 22.2. The third-order valence-corrected chi connectivity index (χ3v) is 9.18. The number of carbonyl (C=O) groups excluding carboxylic acids is 1. The van der Waals surface area contributed by atoms with Gasteiger partial charge in [-0.2, -0.15) is 9.97 Å². The highest BCUT2D eigenvalue weighted by molar-refractivity contribution is 7.91. The summed E-state index contributed by atoms with van der Waals surface area (Å²) in [5.74, 6) is 1.15. The molecule has 15 heteroatoms. The number of piperidine rings is 1. The zero-order chi connectivity index (χ0) is 27.8. The number of amides is 1. The molecule has 0 unspecified atom stereocenters. The summed E-state index contributed by atoms with van der Waals surface area (Å²) in [4.78, 5) is 28.9. The maximum Gasteiger partial charge on any atom is 0.573 e. The Bertz CT molecular complexity index is 1310. The molecule has 2 aromatic heterocycles. The van der Waals surface area contributed by atoms with Gasteiger partial charge in [0.25, 0.3) is 0 Å². The molecule has 11 nitrogen and oxygen atoms in total. The molecule has 3 saturated heterocycles. The fraction of sp³-hybridized carbons (Fsp3) is 0.583. The second-order valence-corrected chi connectivity index (χ2v) is 12.7. The van der Waals surface area contributed by atoms with E-state index in [-0.39, 0.29) is 40.6 Å². The highest BCUT2D eigenvalue weighted by Gasteiger charge is 2.46. The van der Waals surface area contributed by atoms with Crippen molar-refractivity contribution in [3.8, 4) is 5.75 Å². The molecule has 0 aliphatic carbocycles. The van der Waals surface area contributed by atoms with Gasteiger partial charge in [0.1, 0.15) is 33.0 Å². The van der Waals surface area contributed by atoms with E-state index in [1.54, 1.807) is 13.0 Å². The number of alkyl halides is 3. The topological polar surface area (TPSA) is 130 Å². The number of anilines is 4. The van der Waals surface area contributed by atoms with Gasteiger partial charge in [0.05, 0.1) is 11.5 Å². The number of nitrogens with zero attached hydrogens (tertiary/aromatic N) is 5. The first-order valence-corrected chi connectivity index (χ1v) is 14.5. The molecule has 0 aromatic carbocycles. The Balaban J connectivity index is 1.34. The third-order valence-electron chi connectivity index (χ3n) is 7.47. The lowest BCUT2D eigenvalue weighted by atomic mass is 9.72. The van der Waals surface area contributed by atoms with Crippen LogP contribution in [0.1, 0.15) is 32.6 Å². The highest BCUT2D eigenvalue weighted by Crippen LogP contribution is 2.42. The fourth-order valence-corrected chi connectivity index (χ4v) is 6.78. The van der Waals surface area contributed by atoms with E-state index in [1.807, 2.05) is 4.90 Å². The van der Waals surface area contributed by atoms with Gasteiger partial charge < -0.3 is 25.2 Å². The highest BCUT2D eigenvalue weighted by atomic mass is 32.2. The summed E-state index contributed by atoms with van der Waals surface area (Å²) in [6.07, 6.45) is -0.986. The van der Waals surface area contributed by atoms with Crippen molar-refractivity contribution in [3.05, 3.63) is 24.4 Å². The molecule has 3 aliphatic rings. The number of pyridine rings is 1. The monoisotopic (exact) mass is 569 g/mol. The van der Waals surface area contributed by atoms with Crippen molar-refractivity contribution in [2.24, 2.45) is 5.41 Å². The fourth-order valence-electron chi connectivity index (χ4n) is 5.29. The quantitative estimate of drug-likeness (QED) is 0.536. The molecule has 3 fully saturated rings. The van der Waals surface area contributed by atoms with Crippen molar-refractivity contribution in [2.45, 2.75) is 45.0 Å². The Hall–Kier alpha value is -3.36. The van der Waals surface area contributed by atoms with Crippen LogP contribution in [0.15, 0.2) is 24.4 Å². The van der Waals surface area contributed by atoms with Crippen molar-refractivity contribution >= 4 is 39.1 Å². The summed E-state index contributed by atoms with van der Waals surface area (Å²) in [7, 11) is -3.04. The van der Waals surface area contributed by atoms with Gasteiger partial charge in [-0.05, 0) is 31.7 Å². The lowest BCUT2D eigenvalue weighted by molar-refractivity contribution is -0.274. The number of ether oxygens (including phenoxy) is 1. The summed E-state index contributed by atoms with van der Waals surface area (Å²) in [5, 5.41) is 6.17. The Morgan fingerprint density at radius 1 is 1.10 bits per heavy atom. The number of aromatic nitrogens is 3. The van der Waals surface area contributed by atoms with Crippen LogP contribution in [0.2, 0.25) is 0 Å². The molecule has 0 atom stereocenters. The maximum atomic E-state index is 12.7. The molecule has 212 valence electrons. The number of likely N-dealkylation sites (tertiary alicyclic amines) is 1. The molecule has 39 heavy (non-hydrogen) atoms. The standard InChI is InChI=1S/C24H30F3N7O4S/c1-16(35)33-8-5-23(6-9-33)14-34(15-23)21-13-20(30-19-12-18(2-7-28-19)38-24(25,26)27)31-22(32-21)29-17-3-10-39(36,37)11-4-17/h2,7,12-13,17H,3-6,8-11,14-15H2,1H3,(H2,28,29,30,31,32). The zero-order valence-electron chi connectivity index (χ0n) is 21.4. The normalized spacial score (nSPS) is 20.8. The van der Waals surface area contributed by atoms with Crippen molar-refractivity contribution in [3.63, 3.8) is 0 Å². The van der Waals surface area contributed by atoms with Gasteiger partial charge in [0.15, 0.2) is 0 Å². The summed E-state index contributed by atoms with van der Waals surface area (Å²) >= 11 is 0. The lowest BCUT2D eigenvalue weighted by Crippen LogP contribution is -2.61. The minimum atomic E-state index is -4.83. The van der Waals surface area contributed by atoms with Gasteiger partial charge in [-0.25, -0.2) is 13.4 Å². The van der Waals surface area contributed by atoms with Gasteiger partial charge in [-0.3, -0.25) is 4.79 Å². The van der Waals surface area contributed by atoms with Crippen LogP contribution in [0.25, 0.3) is 0 Å². The molecule has 1 amide bonds. The second kappa shape index (κ2) is 10.3. The van der Waals surface area contributed by atoms with Crippen LogP contribution in [0.4, 0.5) is 36.6 Å². The number of hydrogen-bond donors (Lipinski definition) is 2. The molecule has 0 radical (unpaired) electrons. The molecule has 2 N–H and O–H groups in total. The number of rotatable bonds is 6. The number of nitrogens with one attached hydrogen (secondary N) is 2. The average Bonchev–Trinajstić information content (AvgIpc) is 2.83. The average molecular weight is 570 g/mol. The minimum Gasteiger partial charge on any atom is -0.406 e. The van der Waals surface area contributed by atoms with Crippen LogP contribution in [-0.2, 0) is 14.6 Å². The van der Waals surface area contributed by atoms with Gasteiger partial charge in [-0.15, -0.1) is 13.2 Å². The predicted octanol–water partition coefficient (Wildman–Crippen LogP) is 2.95. The van der Waals surface area contributed by atoms with Gasteiger partial charge >= 0.3 is 6.36 Å². The molecular weight excluding hydrogens is 539 g/mol. The smallest absolute Gasteiger partial charge is 0.406 e. The predicted molar refractivity (Wildman–Crippen MR) is 138 cm³/mol. The first kappa shape index (κ1) is 27.2. The van der Waals surface area contributed by atoms with Crippen LogP contribution in [0.5, 0.6) is 5.75 Å². The SMILES string of the molecule is CC(=O)N1CCC2(CC1)CN(c1cc(Nc3cc(OC(F)(F)F)ccn3)nc(NC3CCS(=O)(=O)CC3)n1)C2. The van der Waals surface area contributed by atoms with Crippen LogP contribution in [-0.4, -0.2) is 84.3 Å². The van der Waals surface area contributed by atoms with Crippen molar-refractivity contribution in [1.82, 2.24) is 19.9 Å². The van der Waals surface area contributed by atoms with E-state index in [0.29, 0.717) is 24.5 Å². The lowest BCUT2D eigenvalue weighted by Gasteiger charge is -2.54. The molecule has 2 aromatic rings. The first-order chi connectivity index (χ1) is 18.4. The number of hydrogen-bond acceptors (Lipinski definition) is 10. The summed E-state index contributed by atoms with van der Waals surface area (Å²) < 4.78 is 65.7. The van der Waals surface area contributed by atoms with Crippen LogP contribution in [0, 0.1) is 5.41 Å². The Morgan fingerprint density at radius 3 is 2.44 bits per heavy atom. The van der Waals surface area contributed by atoms with Crippen LogP contribution < -0.4 is 20.3 Å². The molecule has 1 spiro atoms. The van der Waals surface area contributed by atoms with E-state index >= 15 is 0 Å². The van der Waals surface area contributed by atoms with E-state index in [1.165, 1.54) is 6.20 Å². The molecule has 0 bridgehead atoms. The number of halogens is 3. The number of sulfone groups is 1. The van der Waals surface area contributed by atoms with Crippen LogP contribution >= 0.6 is 0 Å². The minimum absolute atomic E-state index is 0.0806. The van der Waals surface area contributed by atoms with Gasteiger partial charge in [0, 0.05) is 62.9 Å². The van der Waals surface area contributed by atoms with E-state index < -0.39 is 21.9 Å². The Kier molecular flexibility index (Phi) is 7.20. The van der Waals surface area contributed by atoms with E-state index in [9.17, 15) is 26.4 Å². The second-order valence-electron chi connectivity index (χ2n) is 10.4. The molecule has 5 rings (SSSR count). The van der Waals surface area contributed by atoms with Crippen LogP contribution in [0.3, 0.4) is 0 Å². The Morgan fingerprint density at radius 2 is 1.79 bits per heavy atom. The molecule has 5 heterocycles. The van der Waals surface area contributed by atoms with E-state index in [0.717, 1.165) is 51.2 Å². The van der Waals surface area contributed by atoms with Gasteiger partial charge in [0.2, 0.25) is 11.9 Å². The molecular formula is C24H30F3N7O4S. The molecule has 3 aliphatic heterocycles. The summed E-state index contributed by atoms with van der Waals surface area (Å²) in [6.45, 7) is 4.53. The van der Waals surface area contributed by atoms with Crippen molar-refractivity contribution < 1.29 is 31.1 Å². The number of carbonyl (C=O) groups is 1. The van der Waals surface area contributed by atoms with Gasteiger partial charge in [-0.1, -0.05) is 0 Å². The summed E-state index contributed by atoms with van der Waals surface area (Å²) in [5.41, 5.74) is 0.0979. The summed E-state index contributed by atoms with van der Waals surface area (Å²) in [6, 6.07) is 3.80. The Labute approximate surface area is 224 Å². The third kappa shape index (κ3) is 6.81. The van der Waals surface area contributed by atoms with Crippen molar-refractivity contribution in [2.75, 3.05) is 53.2 Å².